The van der Waals surface area contributed by atoms with E-state index in [0.29, 0.717) is 35.7 Å². The van der Waals surface area contributed by atoms with Crippen LogP contribution in [-0.2, 0) is 14.3 Å². The van der Waals surface area contributed by atoms with Crippen molar-refractivity contribution in [1.82, 2.24) is 15.1 Å². The molecule has 27 heavy (non-hydrogen) atoms. The van der Waals surface area contributed by atoms with Crippen LogP contribution in [0.15, 0.2) is 35.5 Å². The van der Waals surface area contributed by atoms with Crippen LogP contribution in [0.4, 0.5) is 4.79 Å². The minimum Gasteiger partial charge on any atom is -0.496 e. The van der Waals surface area contributed by atoms with E-state index in [2.05, 4.69) is 5.32 Å². The first-order chi connectivity index (χ1) is 13.0. The van der Waals surface area contributed by atoms with Crippen molar-refractivity contribution in [1.29, 1.82) is 0 Å². The quantitative estimate of drug-likeness (QED) is 0.763. The van der Waals surface area contributed by atoms with Crippen molar-refractivity contribution in [2.24, 2.45) is 0 Å². The first-order valence-corrected chi connectivity index (χ1v) is 8.90. The van der Waals surface area contributed by atoms with Gasteiger partial charge in [0.25, 0.3) is 0 Å². The van der Waals surface area contributed by atoms with Crippen molar-refractivity contribution in [2.75, 3.05) is 33.4 Å². The van der Waals surface area contributed by atoms with E-state index in [-0.39, 0.29) is 19.1 Å². The Kier molecular flexibility index (Phi) is 5.34. The average molecular weight is 373 g/mol. The summed E-state index contributed by atoms with van der Waals surface area (Å²) in [6.07, 6.45) is 0. The Balaban J connectivity index is 1.98. The van der Waals surface area contributed by atoms with Gasteiger partial charge in [0.05, 0.1) is 24.4 Å². The third-order valence-corrected chi connectivity index (χ3v) is 4.86. The van der Waals surface area contributed by atoms with E-state index >= 15 is 0 Å². The maximum absolute atomic E-state index is 12.8. The fourth-order valence-electron chi connectivity index (χ4n) is 3.43. The van der Waals surface area contributed by atoms with Gasteiger partial charge in [-0.3, -0.25) is 9.69 Å². The van der Waals surface area contributed by atoms with E-state index in [1.165, 1.54) is 12.0 Å². The number of ether oxygens (including phenoxy) is 2. The lowest BCUT2D eigenvalue weighted by Gasteiger charge is -2.34. The number of hydrogen-bond donors (Lipinski definition) is 1. The summed E-state index contributed by atoms with van der Waals surface area (Å²) in [5, 5.41) is 2.82. The Morgan fingerprint density at radius 3 is 2.67 bits per heavy atom. The SMILES string of the molecule is CCN(CC)C(=O)CN1C(=O)N[C@H](c2ccccc2OC)C2=C1COC2=O. The molecule has 2 aliphatic heterocycles. The average Bonchev–Trinajstić information content (AvgIpc) is 3.06. The van der Waals surface area contributed by atoms with Crippen LogP contribution in [0, 0.1) is 0 Å². The number of likely N-dealkylation sites (N-methyl/N-ethyl adjacent to an activating group) is 1. The Labute approximate surface area is 157 Å². The molecule has 8 nitrogen and oxygen atoms in total. The van der Waals surface area contributed by atoms with Gasteiger partial charge in [0.1, 0.15) is 18.9 Å². The van der Waals surface area contributed by atoms with Crippen molar-refractivity contribution >= 4 is 17.9 Å². The second-order valence-electron chi connectivity index (χ2n) is 6.21. The van der Waals surface area contributed by atoms with Crippen LogP contribution < -0.4 is 10.1 Å². The minimum absolute atomic E-state index is 0.0290. The smallest absolute Gasteiger partial charge is 0.338 e. The largest absolute Gasteiger partial charge is 0.496 e. The molecule has 3 amide bonds. The number of hydrogen-bond acceptors (Lipinski definition) is 5. The molecule has 144 valence electrons. The molecule has 2 aliphatic rings. The van der Waals surface area contributed by atoms with Gasteiger partial charge in [-0.2, -0.15) is 0 Å². The molecule has 0 radical (unpaired) electrons. The van der Waals surface area contributed by atoms with Gasteiger partial charge in [-0.15, -0.1) is 0 Å². The lowest BCUT2D eigenvalue weighted by molar-refractivity contribution is -0.136. The molecule has 0 aromatic heterocycles. The molecule has 1 aromatic carbocycles. The van der Waals surface area contributed by atoms with Crippen LogP contribution >= 0.6 is 0 Å². The molecule has 2 heterocycles. The summed E-state index contributed by atoms with van der Waals surface area (Å²) in [6, 6.07) is 6.04. The number of rotatable bonds is 6. The zero-order valence-corrected chi connectivity index (χ0v) is 15.7. The molecule has 0 bridgehead atoms. The van der Waals surface area contributed by atoms with Crippen LogP contribution in [0.25, 0.3) is 0 Å². The van der Waals surface area contributed by atoms with Crippen LogP contribution in [0.5, 0.6) is 5.75 Å². The molecule has 0 unspecified atom stereocenters. The van der Waals surface area contributed by atoms with Gasteiger partial charge in [-0.1, -0.05) is 18.2 Å². The Morgan fingerprint density at radius 1 is 1.30 bits per heavy atom. The number of methoxy groups -OCH3 is 1. The summed E-state index contributed by atoms with van der Waals surface area (Å²) in [6.45, 7) is 4.69. The second-order valence-corrected chi connectivity index (χ2v) is 6.21. The van der Waals surface area contributed by atoms with Gasteiger partial charge in [0.2, 0.25) is 5.91 Å². The molecule has 0 spiro atoms. The van der Waals surface area contributed by atoms with Gasteiger partial charge in [-0.25, -0.2) is 9.59 Å². The predicted molar refractivity (Wildman–Crippen MR) is 96.9 cm³/mol. The van der Waals surface area contributed by atoms with Crippen molar-refractivity contribution < 1.29 is 23.9 Å². The summed E-state index contributed by atoms with van der Waals surface area (Å²) >= 11 is 0. The van der Waals surface area contributed by atoms with Crippen LogP contribution in [0.3, 0.4) is 0 Å². The fourth-order valence-corrected chi connectivity index (χ4v) is 3.43. The number of nitrogens with zero attached hydrogens (tertiary/aromatic N) is 2. The number of nitrogens with one attached hydrogen (secondary N) is 1. The Morgan fingerprint density at radius 2 is 2.00 bits per heavy atom. The lowest BCUT2D eigenvalue weighted by Crippen LogP contribution is -2.51. The van der Waals surface area contributed by atoms with E-state index in [9.17, 15) is 14.4 Å². The molecular formula is C19H23N3O5. The number of cyclic esters (lactones) is 1. The van der Waals surface area contributed by atoms with Crippen molar-refractivity contribution in [2.45, 2.75) is 19.9 Å². The van der Waals surface area contributed by atoms with Gasteiger partial charge in [0, 0.05) is 18.7 Å². The maximum Gasteiger partial charge on any atom is 0.338 e. The Hall–Kier alpha value is -3.03. The number of amides is 3. The van der Waals surface area contributed by atoms with Crippen molar-refractivity contribution in [3.05, 3.63) is 41.1 Å². The number of carbonyl (C=O) groups is 3. The number of carbonyl (C=O) groups excluding carboxylic acids is 3. The third kappa shape index (κ3) is 3.34. The van der Waals surface area contributed by atoms with Gasteiger partial charge >= 0.3 is 12.0 Å². The summed E-state index contributed by atoms with van der Waals surface area (Å²) in [7, 11) is 1.53. The molecule has 8 heteroatoms. The number of esters is 1. The molecule has 3 rings (SSSR count). The number of para-hydroxylation sites is 1. The summed E-state index contributed by atoms with van der Waals surface area (Å²) < 4.78 is 10.6. The fraction of sp³-hybridized carbons (Fsp3) is 0.421. The second kappa shape index (κ2) is 7.69. The summed E-state index contributed by atoms with van der Waals surface area (Å²) in [5.74, 6) is -0.125. The highest BCUT2D eigenvalue weighted by Crippen LogP contribution is 2.38. The molecule has 1 aromatic rings. The first kappa shape index (κ1) is 18.8. The van der Waals surface area contributed by atoms with Gasteiger partial charge < -0.3 is 19.7 Å². The molecule has 1 N–H and O–H groups in total. The predicted octanol–water partition coefficient (Wildman–Crippen LogP) is 1.44. The molecule has 1 atom stereocenters. The van der Waals surface area contributed by atoms with E-state index in [1.54, 1.807) is 23.1 Å². The van der Waals surface area contributed by atoms with Crippen LogP contribution in [0.2, 0.25) is 0 Å². The maximum atomic E-state index is 12.8. The monoisotopic (exact) mass is 373 g/mol. The highest BCUT2D eigenvalue weighted by atomic mass is 16.5. The number of urea groups is 1. The third-order valence-electron chi connectivity index (χ3n) is 4.86. The van der Waals surface area contributed by atoms with E-state index in [1.807, 2.05) is 19.9 Å². The number of benzene rings is 1. The first-order valence-electron chi connectivity index (χ1n) is 8.90. The highest BCUT2D eigenvalue weighted by molar-refractivity contribution is 5.98. The summed E-state index contributed by atoms with van der Waals surface area (Å²) in [5.41, 5.74) is 1.43. The zero-order chi connectivity index (χ0) is 19.6. The highest BCUT2D eigenvalue weighted by Gasteiger charge is 2.43. The Bertz CT molecular complexity index is 800. The van der Waals surface area contributed by atoms with Crippen molar-refractivity contribution in [3.63, 3.8) is 0 Å². The normalized spacial score (nSPS) is 18.8. The molecule has 0 fully saturated rings. The van der Waals surface area contributed by atoms with Crippen LogP contribution in [0.1, 0.15) is 25.5 Å². The van der Waals surface area contributed by atoms with Gasteiger partial charge in [0.15, 0.2) is 0 Å². The molecule has 0 aliphatic carbocycles. The van der Waals surface area contributed by atoms with E-state index < -0.39 is 18.0 Å². The van der Waals surface area contributed by atoms with Gasteiger partial charge in [-0.05, 0) is 19.9 Å². The zero-order valence-electron chi connectivity index (χ0n) is 15.7. The van der Waals surface area contributed by atoms with E-state index in [4.69, 9.17) is 9.47 Å². The molecule has 0 saturated carbocycles. The minimum atomic E-state index is -0.682. The van der Waals surface area contributed by atoms with E-state index in [0.717, 1.165) is 0 Å². The lowest BCUT2D eigenvalue weighted by atomic mass is 9.95. The standard InChI is InChI=1S/C19H23N3O5/c1-4-21(5-2)15(23)10-22-13-11-27-18(24)16(13)17(20-19(22)25)12-8-6-7-9-14(12)26-3/h6-9,17H,4-5,10-11H2,1-3H3,(H,20,25)/t17-/m1/s1. The topological polar surface area (TPSA) is 88.2 Å². The molecule has 0 saturated heterocycles. The van der Waals surface area contributed by atoms with Crippen LogP contribution in [-0.4, -0.2) is 61.1 Å². The van der Waals surface area contributed by atoms with Crippen molar-refractivity contribution in [3.8, 4) is 5.75 Å². The molecular weight excluding hydrogens is 350 g/mol. The summed E-state index contributed by atoms with van der Waals surface area (Å²) in [4.78, 5) is 40.6.